The Hall–Kier alpha value is -3.80. The summed E-state index contributed by atoms with van der Waals surface area (Å²) in [7, 11) is 0. The van der Waals surface area contributed by atoms with Gasteiger partial charge < -0.3 is 5.32 Å². The topological polar surface area (TPSA) is 123 Å². The minimum atomic E-state index is -0.620. The summed E-state index contributed by atoms with van der Waals surface area (Å²) in [5, 5.41) is 14.4. The molecule has 36 heavy (non-hydrogen) atoms. The molecular formula is C24H15ClN4O5S2. The van der Waals surface area contributed by atoms with E-state index in [1.54, 1.807) is 30.3 Å². The van der Waals surface area contributed by atoms with Gasteiger partial charge in [0.25, 0.3) is 17.5 Å². The minimum Gasteiger partial charge on any atom is -0.325 e. The molecule has 0 radical (unpaired) electrons. The number of hydrogen-bond donors (Lipinski definition) is 1. The van der Waals surface area contributed by atoms with Gasteiger partial charge in [-0.1, -0.05) is 29.4 Å². The molecule has 1 aliphatic rings. The van der Waals surface area contributed by atoms with Gasteiger partial charge >= 0.3 is 0 Å². The van der Waals surface area contributed by atoms with Crippen molar-refractivity contribution in [3.63, 3.8) is 0 Å². The molecular weight excluding hydrogens is 524 g/mol. The minimum absolute atomic E-state index is 0.00389. The summed E-state index contributed by atoms with van der Waals surface area (Å²) in [4.78, 5) is 54.2. The van der Waals surface area contributed by atoms with Gasteiger partial charge in [-0.2, -0.15) is 0 Å². The van der Waals surface area contributed by atoms with Gasteiger partial charge in [0.2, 0.25) is 5.91 Å². The Kier molecular flexibility index (Phi) is 6.20. The number of non-ortho nitro benzene ring substituents is 1. The number of nitro benzene ring substituents is 1. The molecule has 4 aromatic rings. The van der Waals surface area contributed by atoms with Crippen molar-refractivity contribution >= 4 is 79.7 Å². The number of nitrogens with zero attached hydrogens (tertiary/aromatic N) is 3. The molecule has 180 valence electrons. The highest BCUT2D eigenvalue weighted by Gasteiger charge is 2.38. The number of nitrogens with one attached hydrogen (secondary N) is 1. The predicted octanol–water partition coefficient (Wildman–Crippen LogP) is 5.70. The van der Waals surface area contributed by atoms with Crippen LogP contribution >= 0.6 is 34.7 Å². The Bertz CT molecular complexity index is 1600. The lowest BCUT2D eigenvalue weighted by Gasteiger charge is -2.13. The van der Waals surface area contributed by atoms with Gasteiger partial charge in [-0.05, 0) is 48.9 Å². The number of thiazole rings is 1. The summed E-state index contributed by atoms with van der Waals surface area (Å²) in [5.41, 5.74) is 2.39. The summed E-state index contributed by atoms with van der Waals surface area (Å²) in [6, 6.07) is 13.8. The SMILES string of the molecule is Cc1ccc(Cl)cc1NC(=O)CSc1nc2ccc(N3C(=O)c4ccc([N+](=O)[O-])cc4C3=O)cc2s1. The van der Waals surface area contributed by atoms with Crippen molar-refractivity contribution in [2.45, 2.75) is 11.3 Å². The normalized spacial score (nSPS) is 12.8. The third-order valence-corrected chi connectivity index (χ3v) is 7.89. The van der Waals surface area contributed by atoms with E-state index in [4.69, 9.17) is 11.6 Å². The smallest absolute Gasteiger partial charge is 0.270 e. The van der Waals surface area contributed by atoms with E-state index < -0.39 is 16.7 Å². The fourth-order valence-corrected chi connectivity index (χ4v) is 5.79. The number of hydrogen-bond acceptors (Lipinski definition) is 8. The highest BCUT2D eigenvalue weighted by Crippen LogP contribution is 2.35. The van der Waals surface area contributed by atoms with Crippen molar-refractivity contribution in [3.8, 4) is 0 Å². The first kappa shape index (κ1) is 23.9. The summed E-state index contributed by atoms with van der Waals surface area (Å²) in [6.45, 7) is 1.87. The Balaban J connectivity index is 1.32. The highest BCUT2D eigenvalue weighted by molar-refractivity contribution is 8.01. The van der Waals surface area contributed by atoms with Gasteiger partial charge in [-0.25, -0.2) is 9.88 Å². The molecule has 5 rings (SSSR count). The van der Waals surface area contributed by atoms with Gasteiger partial charge in [-0.15, -0.1) is 11.3 Å². The van der Waals surface area contributed by atoms with Gasteiger partial charge in [0.15, 0.2) is 4.34 Å². The van der Waals surface area contributed by atoms with Gasteiger partial charge in [-0.3, -0.25) is 24.5 Å². The lowest BCUT2D eigenvalue weighted by atomic mass is 10.1. The van der Waals surface area contributed by atoms with Crippen LogP contribution in [0.1, 0.15) is 26.3 Å². The summed E-state index contributed by atoms with van der Waals surface area (Å²) in [6.07, 6.45) is 0. The van der Waals surface area contributed by atoms with E-state index in [0.29, 0.717) is 26.3 Å². The number of thioether (sulfide) groups is 1. The number of nitro groups is 1. The molecule has 3 aromatic carbocycles. The maximum Gasteiger partial charge on any atom is 0.270 e. The first-order valence-corrected chi connectivity index (χ1v) is 12.7. The van der Waals surface area contributed by atoms with Crippen LogP contribution in [-0.2, 0) is 4.79 Å². The van der Waals surface area contributed by atoms with Crippen LogP contribution in [0.5, 0.6) is 0 Å². The number of aryl methyl sites for hydroxylation is 1. The molecule has 1 aromatic heterocycles. The molecule has 0 aliphatic carbocycles. The number of imide groups is 1. The van der Waals surface area contributed by atoms with Gasteiger partial charge in [0.1, 0.15) is 0 Å². The number of rotatable bonds is 6. The van der Waals surface area contributed by atoms with Crippen LogP contribution in [0.3, 0.4) is 0 Å². The van der Waals surface area contributed by atoms with Crippen LogP contribution < -0.4 is 10.2 Å². The Morgan fingerprint density at radius 1 is 1.11 bits per heavy atom. The molecule has 2 heterocycles. The van der Waals surface area contributed by atoms with E-state index in [2.05, 4.69) is 10.3 Å². The Labute approximate surface area is 217 Å². The van der Waals surface area contributed by atoms with E-state index in [1.165, 1.54) is 35.2 Å². The number of fused-ring (bicyclic) bond motifs is 2. The van der Waals surface area contributed by atoms with Crippen LogP contribution in [0.15, 0.2) is 58.9 Å². The van der Waals surface area contributed by atoms with Crippen molar-refractivity contribution < 1.29 is 19.3 Å². The molecule has 1 aliphatic heterocycles. The number of benzene rings is 3. The number of aromatic nitrogens is 1. The van der Waals surface area contributed by atoms with E-state index in [0.717, 1.165) is 21.2 Å². The third-order valence-electron chi connectivity index (χ3n) is 5.49. The second-order valence-electron chi connectivity index (χ2n) is 7.86. The zero-order valence-corrected chi connectivity index (χ0v) is 20.9. The lowest BCUT2D eigenvalue weighted by Crippen LogP contribution is -2.29. The molecule has 3 amide bonds. The number of carbonyl (C=O) groups excluding carboxylic acids is 3. The molecule has 0 spiro atoms. The summed E-state index contributed by atoms with van der Waals surface area (Å²) in [5.74, 6) is -1.23. The largest absolute Gasteiger partial charge is 0.325 e. The first-order valence-electron chi connectivity index (χ1n) is 10.5. The number of halogens is 1. The number of carbonyl (C=O) groups is 3. The summed E-state index contributed by atoms with van der Waals surface area (Å²) < 4.78 is 1.38. The standard InChI is InChI=1S/C24H15ClN4O5S2/c1-12-2-3-13(25)8-19(12)26-21(30)11-35-24-27-18-7-5-14(10-20(18)36-24)28-22(31)16-6-4-15(29(33)34)9-17(16)23(28)32/h2-10H,11H2,1H3,(H,26,30). The van der Waals surface area contributed by atoms with Crippen LogP contribution in [0, 0.1) is 17.0 Å². The zero-order chi connectivity index (χ0) is 25.6. The Morgan fingerprint density at radius 3 is 2.67 bits per heavy atom. The summed E-state index contributed by atoms with van der Waals surface area (Å²) >= 11 is 8.60. The predicted molar refractivity (Wildman–Crippen MR) is 139 cm³/mol. The Morgan fingerprint density at radius 2 is 1.89 bits per heavy atom. The lowest BCUT2D eigenvalue weighted by molar-refractivity contribution is -0.384. The number of anilines is 2. The highest BCUT2D eigenvalue weighted by atomic mass is 35.5. The molecule has 12 heteroatoms. The zero-order valence-electron chi connectivity index (χ0n) is 18.5. The van der Waals surface area contributed by atoms with Crippen LogP contribution in [0.4, 0.5) is 17.1 Å². The third kappa shape index (κ3) is 4.43. The van der Waals surface area contributed by atoms with E-state index in [-0.39, 0.29) is 28.5 Å². The fraction of sp³-hybridized carbons (Fsp3) is 0.0833. The van der Waals surface area contributed by atoms with Crippen molar-refractivity contribution in [2.24, 2.45) is 0 Å². The van der Waals surface area contributed by atoms with Gasteiger partial charge in [0.05, 0.1) is 37.7 Å². The van der Waals surface area contributed by atoms with Gasteiger partial charge in [0, 0.05) is 22.8 Å². The van der Waals surface area contributed by atoms with E-state index in [9.17, 15) is 24.5 Å². The second-order valence-corrected chi connectivity index (χ2v) is 10.6. The maximum absolute atomic E-state index is 12.9. The molecule has 0 fully saturated rings. The first-order chi connectivity index (χ1) is 17.2. The molecule has 0 unspecified atom stereocenters. The molecule has 0 saturated carbocycles. The molecule has 0 saturated heterocycles. The van der Waals surface area contributed by atoms with Crippen LogP contribution in [0.25, 0.3) is 10.2 Å². The van der Waals surface area contributed by atoms with Crippen molar-refractivity contribution in [3.05, 3.63) is 86.4 Å². The molecule has 0 bridgehead atoms. The van der Waals surface area contributed by atoms with Crippen molar-refractivity contribution in [1.29, 1.82) is 0 Å². The van der Waals surface area contributed by atoms with Crippen molar-refractivity contribution in [1.82, 2.24) is 4.98 Å². The maximum atomic E-state index is 12.9. The van der Waals surface area contributed by atoms with E-state index in [1.807, 2.05) is 13.0 Å². The average molecular weight is 539 g/mol. The molecule has 1 N–H and O–H groups in total. The molecule has 0 atom stereocenters. The monoisotopic (exact) mass is 538 g/mol. The fourth-order valence-electron chi connectivity index (χ4n) is 3.71. The number of amides is 3. The second kappa shape index (κ2) is 9.34. The van der Waals surface area contributed by atoms with Crippen LogP contribution in [-0.4, -0.2) is 33.4 Å². The van der Waals surface area contributed by atoms with Crippen LogP contribution in [0.2, 0.25) is 5.02 Å². The van der Waals surface area contributed by atoms with E-state index >= 15 is 0 Å². The quantitative estimate of drug-likeness (QED) is 0.145. The van der Waals surface area contributed by atoms with Crippen molar-refractivity contribution in [2.75, 3.05) is 16.0 Å². The average Bonchev–Trinajstić information content (AvgIpc) is 3.37. The molecule has 9 nitrogen and oxygen atoms in total.